The summed E-state index contributed by atoms with van der Waals surface area (Å²) in [6.07, 6.45) is 2.40. The zero-order valence-electron chi connectivity index (χ0n) is 17.6. The van der Waals surface area contributed by atoms with Gasteiger partial charge < -0.3 is 10.1 Å². The monoisotopic (exact) mass is 479 g/mol. The first kappa shape index (κ1) is 22.6. The van der Waals surface area contributed by atoms with Crippen molar-refractivity contribution < 1.29 is 9.13 Å². The average Bonchev–Trinajstić information content (AvgIpc) is 2.83. The minimum atomic E-state index is -0.764. The molecule has 0 saturated carbocycles. The lowest BCUT2D eigenvalue weighted by Crippen LogP contribution is -2.41. The van der Waals surface area contributed by atoms with Crippen molar-refractivity contribution in [2.45, 2.75) is 6.54 Å². The summed E-state index contributed by atoms with van der Waals surface area (Å²) in [6, 6.07) is 12.6. The van der Waals surface area contributed by atoms with Crippen LogP contribution in [-0.4, -0.2) is 24.1 Å². The van der Waals surface area contributed by atoms with Crippen LogP contribution in [0.5, 0.6) is 11.6 Å². The van der Waals surface area contributed by atoms with Gasteiger partial charge in [0.1, 0.15) is 6.07 Å². The van der Waals surface area contributed by atoms with Crippen molar-refractivity contribution in [1.82, 2.24) is 24.1 Å². The third-order valence-corrected chi connectivity index (χ3v) is 4.91. The smallest absolute Gasteiger partial charge is 0.354 e. The topological polar surface area (TPSA) is 128 Å². The fraction of sp³-hybridized carbons (Fsp3) is 0.0909. The molecule has 170 valence electrons. The van der Waals surface area contributed by atoms with Crippen LogP contribution in [0, 0.1) is 17.1 Å². The van der Waals surface area contributed by atoms with E-state index in [0.29, 0.717) is 5.02 Å². The number of halogens is 2. The minimum absolute atomic E-state index is 0.00337. The molecule has 0 unspecified atom stereocenters. The lowest BCUT2D eigenvalue weighted by Gasteiger charge is -2.15. The summed E-state index contributed by atoms with van der Waals surface area (Å²) in [5.74, 6) is -0.940. The molecule has 0 saturated heterocycles. The third-order valence-electron chi connectivity index (χ3n) is 4.66. The summed E-state index contributed by atoms with van der Waals surface area (Å²) in [5, 5.41) is 12.1. The molecule has 4 aromatic rings. The van der Waals surface area contributed by atoms with Crippen LogP contribution in [-0.2, 0) is 13.6 Å². The van der Waals surface area contributed by atoms with Crippen LogP contribution in [0.25, 0.3) is 0 Å². The van der Waals surface area contributed by atoms with Crippen LogP contribution >= 0.6 is 11.6 Å². The van der Waals surface area contributed by atoms with E-state index in [1.807, 2.05) is 6.07 Å². The predicted octanol–water partition coefficient (Wildman–Crippen LogP) is 2.98. The molecule has 34 heavy (non-hydrogen) atoms. The first-order valence-corrected chi connectivity index (χ1v) is 10.1. The average molecular weight is 480 g/mol. The Kier molecular flexibility index (Phi) is 6.33. The number of rotatable bonds is 6. The maximum absolute atomic E-state index is 14.7. The SMILES string of the molecule is Cn1c(=O)nc(Nc2ccc(Oc3cnc(C#N)cn3)c(F)c2)n(Cc2ccc(Cl)cc2)c1=O. The Morgan fingerprint density at radius 2 is 1.91 bits per heavy atom. The maximum atomic E-state index is 14.7. The van der Waals surface area contributed by atoms with Gasteiger partial charge in [0, 0.05) is 23.8 Å². The van der Waals surface area contributed by atoms with Crippen molar-refractivity contribution in [1.29, 1.82) is 5.26 Å². The number of nitrogens with one attached hydrogen (secondary N) is 1. The van der Waals surface area contributed by atoms with E-state index < -0.39 is 17.2 Å². The molecule has 2 aromatic heterocycles. The molecule has 0 atom stereocenters. The Bertz CT molecular complexity index is 1510. The highest BCUT2D eigenvalue weighted by Crippen LogP contribution is 2.26. The van der Waals surface area contributed by atoms with Crippen LogP contribution in [0.2, 0.25) is 5.02 Å². The molecule has 0 bridgehead atoms. The van der Waals surface area contributed by atoms with Crippen molar-refractivity contribution in [3.63, 3.8) is 0 Å². The maximum Gasteiger partial charge on any atom is 0.354 e. The number of hydrogen-bond donors (Lipinski definition) is 1. The molecule has 2 aromatic carbocycles. The van der Waals surface area contributed by atoms with Gasteiger partial charge in [0.2, 0.25) is 11.8 Å². The highest BCUT2D eigenvalue weighted by molar-refractivity contribution is 6.30. The van der Waals surface area contributed by atoms with Crippen LogP contribution in [0.3, 0.4) is 0 Å². The molecule has 10 nitrogen and oxygen atoms in total. The molecule has 0 aliphatic carbocycles. The van der Waals surface area contributed by atoms with E-state index in [9.17, 15) is 14.0 Å². The Morgan fingerprint density at radius 1 is 1.15 bits per heavy atom. The number of aromatic nitrogens is 5. The van der Waals surface area contributed by atoms with Crippen LogP contribution in [0.1, 0.15) is 11.3 Å². The number of nitriles is 1. The first-order chi connectivity index (χ1) is 16.3. The Balaban J connectivity index is 1.62. The van der Waals surface area contributed by atoms with E-state index in [-0.39, 0.29) is 35.5 Å². The zero-order chi connectivity index (χ0) is 24.2. The van der Waals surface area contributed by atoms with Gasteiger partial charge in [0.15, 0.2) is 17.3 Å². The zero-order valence-corrected chi connectivity index (χ0v) is 18.3. The molecule has 0 radical (unpaired) electrons. The summed E-state index contributed by atoms with van der Waals surface area (Å²) < 4.78 is 22.1. The van der Waals surface area contributed by atoms with Crippen molar-refractivity contribution in [2.24, 2.45) is 7.05 Å². The second-order valence-electron chi connectivity index (χ2n) is 7.00. The number of ether oxygens (including phenoxy) is 1. The van der Waals surface area contributed by atoms with E-state index in [0.717, 1.165) is 16.2 Å². The van der Waals surface area contributed by atoms with Gasteiger partial charge in [-0.1, -0.05) is 23.7 Å². The van der Waals surface area contributed by atoms with E-state index in [1.54, 1.807) is 24.3 Å². The standard InChI is InChI=1S/C22H15ClFN7O3/c1-30-21(32)29-20(31(22(30)33)12-13-2-4-14(23)5-3-13)28-15-6-7-18(17(24)8-15)34-19-11-26-16(9-25)10-27-19/h2-8,10-11H,12H2,1H3,(H,28,29,32). The van der Waals surface area contributed by atoms with Crippen LogP contribution in [0.4, 0.5) is 16.0 Å². The highest BCUT2D eigenvalue weighted by Gasteiger charge is 2.14. The summed E-state index contributed by atoms with van der Waals surface area (Å²) >= 11 is 5.92. The fourth-order valence-corrected chi connectivity index (χ4v) is 3.05. The molecule has 0 aliphatic rings. The number of anilines is 2. The van der Waals surface area contributed by atoms with Gasteiger partial charge >= 0.3 is 11.4 Å². The van der Waals surface area contributed by atoms with Gasteiger partial charge in [-0.3, -0.25) is 4.57 Å². The van der Waals surface area contributed by atoms with Gasteiger partial charge in [-0.2, -0.15) is 10.2 Å². The molecular weight excluding hydrogens is 465 g/mol. The normalized spacial score (nSPS) is 10.5. The molecule has 1 N–H and O–H groups in total. The molecule has 4 rings (SSSR count). The molecular formula is C22H15ClFN7O3. The van der Waals surface area contributed by atoms with E-state index in [4.69, 9.17) is 21.6 Å². The Hall–Kier alpha value is -4.56. The fourth-order valence-electron chi connectivity index (χ4n) is 2.92. The summed E-state index contributed by atoms with van der Waals surface area (Å²) in [7, 11) is 1.32. The number of nitrogens with zero attached hydrogens (tertiary/aromatic N) is 6. The second kappa shape index (κ2) is 9.51. The summed E-state index contributed by atoms with van der Waals surface area (Å²) in [4.78, 5) is 36.5. The predicted molar refractivity (Wildman–Crippen MR) is 121 cm³/mol. The lowest BCUT2D eigenvalue weighted by atomic mass is 10.2. The summed E-state index contributed by atoms with van der Waals surface area (Å²) in [5.41, 5.74) is -0.301. The van der Waals surface area contributed by atoms with Crippen molar-refractivity contribution in [3.8, 4) is 17.7 Å². The second-order valence-corrected chi connectivity index (χ2v) is 7.43. The minimum Gasteiger partial charge on any atom is -0.434 e. The largest absolute Gasteiger partial charge is 0.434 e. The Labute approximate surface area is 196 Å². The number of benzene rings is 2. The lowest BCUT2D eigenvalue weighted by molar-refractivity contribution is 0.425. The molecule has 12 heteroatoms. The van der Waals surface area contributed by atoms with E-state index in [1.165, 1.54) is 36.1 Å². The first-order valence-electron chi connectivity index (χ1n) is 9.73. The third kappa shape index (κ3) is 4.92. The van der Waals surface area contributed by atoms with Crippen molar-refractivity contribution in [3.05, 3.63) is 97.9 Å². The van der Waals surface area contributed by atoms with E-state index >= 15 is 0 Å². The van der Waals surface area contributed by atoms with Gasteiger partial charge in [0.05, 0.1) is 18.9 Å². The van der Waals surface area contributed by atoms with Gasteiger partial charge in [0.25, 0.3) is 0 Å². The van der Waals surface area contributed by atoms with Crippen LogP contribution in [0.15, 0.2) is 64.4 Å². The van der Waals surface area contributed by atoms with Crippen molar-refractivity contribution >= 4 is 23.2 Å². The van der Waals surface area contributed by atoms with Crippen LogP contribution < -0.4 is 21.4 Å². The van der Waals surface area contributed by atoms with Gasteiger partial charge in [-0.25, -0.2) is 28.5 Å². The molecule has 0 amide bonds. The number of hydrogen-bond acceptors (Lipinski definition) is 8. The Morgan fingerprint density at radius 3 is 2.56 bits per heavy atom. The van der Waals surface area contributed by atoms with E-state index in [2.05, 4.69) is 20.3 Å². The quantitative estimate of drug-likeness (QED) is 0.447. The van der Waals surface area contributed by atoms with Gasteiger partial charge in [-0.05, 0) is 29.8 Å². The van der Waals surface area contributed by atoms with Gasteiger partial charge in [-0.15, -0.1) is 0 Å². The molecule has 2 heterocycles. The summed E-state index contributed by atoms with van der Waals surface area (Å²) in [6.45, 7) is 0.0977. The molecule has 0 fully saturated rings. The van der Waals surface area contributed by atoms with Crippen molar-refractivity contribution in [2.75, 3.05) is 5.32 Å². The molecule has 0 spiro atoms. The highest BCUT2D eigenvalue weighted by atomic mass is 35.5. The molecule has 0 aliphatic heterocycles.